The van der Waals surface area contributed by atoms with E-state index in [1.807, 2.05) is 13.8 Å². The smallest absolute Gasteiger partial charge is 0.0112 e. The lowest BCUT2D eigenvalue weighted by Gasteiger charge is -2.32. The Morgan fingerprint density at radius 1 is 1.09 bits per heavy atom. The lowest BCUT2D eigenvalue weighted by atomic mass is 9.81. The summed E-state index contributed by atoms with van der Waals surface area (Å²) in [6.45, 7) is 10.5. The zero-order chi connectivity index (χ0) is 9.28. The van der Waals surface area contributed by atoms with E-state index in [4.69, 9.17) is 11.5 Å². The fourth-order valence-corrected chi connectivity index (χ4v) is 0.873. The molecule has 68 valence electrons. The second-order valence-corrected chi connectivity index (χ2v) is 5.17. The summed E-state index contributed by atoms with van der Waals surface area (Å²) in [5, 5.41) is 0. The second-order valence-electron chi connectivity index (χ2n) is 5.17. The van der Waals surface area contributed by atoms with Gasteiger partial charge in [0.15, 0.2) is 0 Å². The summed E-state index contributed by atoms with van der Waals surface area (Å²) < 4.78 is 0. The first-order valence-corrected chi connectivity index (χ1v) is 4.17. The molecule has 0 saturated heterocycles. The van der Waals surface area contributed by atoms with Crippen molar-refractivity contribution in [1.82, 2.24) is 0 Å². The molecule has 0 aliphatic carbocycles. The molecule has 0 heterocycles. The number of hydrogen-bond donors (Lipinski definition) is 2. The van der Waals surface area contributed by atoms with Gasteiger partial charge in [-0.1, -0.05) is 20.8 Å². The summed E-state index contributed by atoms with van der Waals surface area (Å²) in [6, 6.07) is 0.183. The molecule has 0 aromatic rings. The highest BCUT2D eigenvalue weighted by atomic mass is 14.8. The van der Waals surface area contributed by atoms with Crippen molar-refractivity contribution < 1.29 is 0 Å². The topological polar surface area (TPSA) is 52.0 Å². The molecule has 0 fully saturated rings. The molecule has 2 heteroatoms. The molecule has 0 aromatic carbocycles. The first-order chi connectivity index (χ1) is 4.63. The molecule has 0 aliphatic rings. The van der Waals surface area contributed by atoms with Crippen LogP contribution >= 0.6 is 0 Å². The van der Waals surface area contributed by atoms with E-state index < -0.39 is 0 Å². The van der Waals surface area contributed by atoms with E-state index in [2.05, 4.69) is 20.8 Å². The highest BCUT2D eigenvalue weighted by molar-refractivity contribution is 4.85. The van der Waals surface area contributed by atoms with Gasteiger partial charge in [0, 0.05) is 11.6 Å². The maximum atomic E-state index is 5.96. The van der Waals surface area contributed by atoms with Crippen LogP contribution in [0.1, 0.15) is 41.0 Å². The molecular formula is C9H22N2. The Balaban J connectivity index is 3.99. The van der Waals surface area contributed by atoms with E-state index in [1.165, 1.54) is 0 Å². The van der Waals surface area contributed by atoms with Crippen LogP contribution in [0.4, 0.5) is 0 Å². The monoisotopic (exact) mass is 158 g/mol. The van der Waals surface area contributed by atoms with Gasteiger partial charge in [-0.15, -0.1) is 0 Å². The summed E-state index contributed by atoms with van der Waals surface area (Å²) >= 11 is 0. The fourth-order valence-electron chi connectivity index (χ4n) is 0.873. The van der Waals surface area contributed by atoms with Crippen molar-refractivity contribution in [2.75, 3.05) is 0 Å². The van der Waals surface area contributed by atoms with Crippen molar-refractivity contribution >= 4 is 0 Å². The maximum Gasteiger partial charge on any atom is 0.0112 e. The Morgan fingerprint density at radius 2 is 1.45 bits per heavy atom. The minimum Gasteiger partial charge on any atom is -0.327 e. The molecule has 0 radical (unpaired) electrons. The lowest BCUT2D eigenvalue weighted by Crippen LogP contribution is -2.45. The normalized spacial score (nSPS) is 16.6. The Hall–Kier alpha value is -0.0800. The van der Waals surface area contributed by atoms with Gasteiger partial charge in [0.05, 0.1) is 0 Å². The molecule has 0 rings (SSSR count). The van der Waals surface area contributed by atoms with E-state index in [9.17, 15) is 0 Å². The van der Waals surface area contributed by atoms with E-state index in [0.29, 0.717) is 0 Å². The van der Waals surface area contributed by atoms with Gasteiger partial charge in [0.2, 0.25) is 0 Å². The third kappa shape index (κ3) is 5.22. The average molecular weight is 158 g/mol. The summed E-state index contributed by atoms with van der Waals surface area (Å²) in [5.41, 5.74) is 11.8. The summed E-state index contributed by atoms with van der Waals surface area (Å²) in [7, 11) is 0. The van der Waals surface area contributed by atoms with Crippen LogP contribution in [0.25, 0.3) is 0 Å². The van der Waals surface area contributed by atoms with Crippen molar-refractivity contribution in [2.45, 2.75) is 52.6 Å². The Morgan fingerprint density at radius 3 is 1.55 bits per heavy atom. The van der Waals surface area contributed by atoms with Gasteiger partial charge in [-0.2, -0.15) is 0 Å². The highest BCUT2D eigenvalue weighted by Crippen LogP contribution is 2.23. The van der Waals surface area contributed by atoms with E-state index in [-0.39, 0.29) is 17.0 Å². The van der Waals surface area contributed by atoms with Gasteiger partial charge in [-0.05, 0) is 25.7 Å². The average Bonchev–Trinajstić information content (AvgIpc) is 1.56. The van der Waals surface area contributed by atoms with E-state index in [0.717, 1.165) is 6.42 Å². The third-order valence-corrected chi connectivity index (χ3v) is 1.86. The van der Waals surface area contributed by atoms with Crippen LogP contribution in [-0.2, 0) is 0 Å². The minimum absolute atomic E-state index is 0.146. The van der Waals surface area contributed by atoms with Gasteiger partial charge in [-0.3, -0.25) is 0 Å². The largest absolute Gasteiger partial charge is 0.327 e. The molecule has 2 nitrogen and oxygen atoms in total. The lowest BCUT2D eigenvalue weighted by molar-refractivity contribution is 0.264. The van der Waals surface area contributed by atoms with Crippen LogP contribution < -0.4 is 11.5 Å². The molecule has 4 N–H and O–H groups in total. The Kier molecular flexibility index (Phi) is 3.09. The first-order valence-electron chi connectivity index (χ1n) is 4.17. The summed E-state index contributed by atoms with van der Waals surface area (Å²) in [6.07, 6.45) is 0.872. The van der Waals surface area contributed by atoms with E-state index >= 15 is 0 Å². The molecule has 1 unspecified atom stereocenters. The molecule has 11 heavy (non-hydrogen) atoms. The van der Waals surface area contributed by atoms with Gasteiger partial charge in [0.1, 0.15) is 0 Å². The van der Waals surface area contributed by atoms with Crippen LogP contribution in [0.5, 0.6) is 0 Å². The van der Waals surface area contributed by atoms with Crippen molar-refractivity contribution in [3.8, 4) is 0 Å². The van der Waals surface area contributed by atoms with Crippen molar-refractivity contribution in [1.29, 1.82) is 0 Å². The maximum absolute atomic E-state index is 5.96. The standard InChI is InChI=1S/C9H22N2/c1-8(2,3)7(10)6-9(4,5)11/h7H,6,10-11H2,1-5H3. The quantitative estimate of drug-likeness (QED) is 0.639. The van der Waals surface area contributed by atoms with Crippen LogP contribution in [-0.4, -0.2) is 11.6 Å². The third-order valence-electron chi connectivity index (χ3n) is 1.86. The van der Waals surface area contributed by atoms with E-state index in [1.54, 1.807) is 0 Å². The molecule has 0 aliphatic heterocycles. The van der Waals surface area contributed by atoms with Crippen LogP contribution in [0.15, 0.2) is 0 Å². The van der Waals surface area contributed by atoms with Crippen LogP contribution in [0, 0.1) is 5.41 Å². The molecule has 0 spiro atoms. The molecule has 0 saturated carbocycles. The molecular weight excluding hydrogens is 136 g/mol. The van der Waals surface area contributed by atoms with Crippen molar-refractivity contribution in [3.05, 3.63) is 0 Å². The predicted molar refractivity (Wildman–Crippen MR) is 50.3 cm³/mol. The summed E-state index contributed by atoms with van der Waals surface area (Å²) in [5.74, 6) is 0. The van der Waals surface area contributed by atoms with Crippen molar-refractivity contribution in [2.24, 2.45) is 16.9 Å². The molecule has 0 aromatic heterocycles. The van der Waals surface area contributed by atoms with Crippen molar-refractivity contribution in [3.63, 3.8) is 0 Å². The predicted octanol–water partition coefficient (Wildman–Crippen LogP) is 1.49. The Bertz CT molecular complexity index is 117. The number of nitrogens with two attached hydrogens (primary N) is 2. The second kappa shape index (κ2) is 3.11. The van der Waals surface area contributed by atoms with Gasteiger partial charge >= 0.3 is 0 Å². The van der Waals surface area contributed by atoms with Gasteiger partial charge in [0.25, 0.3) is 0 Å². The zero-order valence-electron chi connectivity index (χ0n) is 8.44. The zero-order valence-corrected chi connectivity index (χ0v) is 8.44. The molecule has 1 atom stereocenters. The number of hydrogen-bond acceptors (Lipinski definition) is 2. The first kappa shape index (κ1) is 10.9. The fraction of sp³-hybridized carbons (Fsp3) is 1.00. The van der Waals surface area contributed by atoms with Crippen LogP contribution in [0.2, 0.25) is 0 Å². The van der Waals surface area contributed by atoms with Gasteiger partial charge in [-0.25, -0.2) is 0 Å². The van der Waals surface area contributed by atoms with Gasteiger partial charge < -0.3 is 11.5 Å². The number of rotatable bonds is 2. The van der Waals surface area contributed by atoms with Crippen LogP contribution in [0.3, 0.4) is 0 Å². The SMILES string of the molecule is CC(C)(N)CC(N)C(C)(C)C. The Labute approximate surface area is 70.3 Å². The summed E-state index contributed by atoms with van der Waals surface area (Å²) in [4.78, 5) is 0. The highest BCUT2D eigenvalue weighted by Gasteiger charge is 2.25. The molecule has 0 bridgehead atoms. The minimum atomic E-state index is -0.146. The molecule has 0 amide bonds.